The number of hydrogen-bond acceptors (Lipinski definition) is 6. The van der Waals surface area contributed by atoms with Crippen LogP contribution in [0.3, 0.4) is 0 Å². The van der Waals surface area contributed by atoms with Gasteiger partial charge in [-0.1, -0.05) is 43.7 Å². The van der Waals surface area contributed by atoms with Gasteiger partial charge in [-0.05, 0) is 69.9 Å². The van der Waals surface area contributed by atoms with Crippen molar-refractivity contribution in [2.45, 2.75) is 65.6 Å². The molecular weight excluding hydrogens is 486 g/mol. The number of aryl methyl sites for hydroxylation is 1. The molecule has 3 N–H and O–H groups in total. The van der Waals surface area contributed by atoms with E-state index in [-0.39, 0.29) is 19.1 Å². The first kappa shape index (κ1) is 30.6. The maximum absolute atomic E-state index is 13.9. The Morgan fingerprint density at radius 3 is 2.11 bits per heavy atom. The SMILES string of the molecule is COc1ccc(NC(=O)C(c2ccc(C)cc2)N(CCO)C(=O)C(CC(C)C)NC(=O)OC(C)(C)C)cc1. The van der Waals surface area contributed by atoms with Gasteiger partial charge in [0.25, 0.3) is 5.91 Å². The van der Waals surface area contributed by atoms with Crippen LogP contribution in [0.2, 0.25) is 0 Å². The number of carbonyl (C=O) groups excluding carboxylic acids is 3. The van der Waals surface area contributed by atoms with Crippen molar-refractivity contribution in [2.75, 3.05) is 25.6 Å². The van der Waals surface area contributed by atoms with Crippen molar-refractivity contribution in [3.05, 3.63) is 59.7 Å². The minimum Gasteiger partial charge on any atom is -0.497 e. The lowest BCUT2D eigenvalue weighted by Crippen LogP contribution is -2.53. The van der Waals surface area contributed by atoms with Crippen LogP contribution in [-0.4, -0.2) is 59.8 Å². The summed E-state index contributed by atoms with van der Waals surface area (Å²) in [5, 5.41) is 15.5. The van der Waals surface area contributed by atoms with Crippen molar-refractivity contribution in [3.63, 3.8) is 0 Å². The van der Waals surface area contributed by atoms with Crippen molar-refractivity contribution in [2.24, 2.45) is 5.92 Å². The van der Waals surface area contributed by atoms with Gasteiger partial charge in [0.2, 0.25) is 5.91 Å². The predicted octanol–water partition coefficient (Wildman–Crippen LogP) is 4.44. The molecule has 0 aromatic heterocycles. The molecule has 0 aliphatic carbocycles. The summed E-state index contributed by atoms with van der Waals surface area (Å²) >= 11 is 0. The van der Waals surface area contributed by atoms with Crippen molar-refractivity contribution in [1.82, 2.24) is 10.2 Å². The van der Waals surface area contributed by atoms with E-state index >= 15 is 0 Å². The molecule has 0 aliphatic heterocycles. The first-order chi connectivity index (χ1) is 17.8. The molecule has 0 bridgehead atoms. The molecule has 2 rings (SSSR count). The average Bonchev–Trinajstić information content (AvgIpc) is 2.83. The lowest BCUT2D eigenvalue weighted by atomic mass is 9.98. The Kier molecular flexibility index (Phi) is 11.1. The van der Waals surface area contributed by atoms with E-state index in [1.54, 1.807) is 64.3 Å². The first-order valence-electron chi connectivity index (χ1n) is 12.8. The van der Waals surface area contributed by atoms with E-state index in [9.17, 15) is 19.5 Å². The summed E-state index contributed by atoms with van der Waals surface area (Å²) in [6.07, 6.45) is -0.407. The van der Waals surface area contributed by atoms with E-state index in [1.165, 1.54) is 4.90 Å². The molecule has 2 aromatic carbocycles. The molecule has 38 heavy (non-hydrogen) atoms. The highest BCUT2D eigenvalue weighted by atomic mass is 16.6. The van der Waals surface area contributed by atoms with Gasteiger partial charge in [0, 0.05) is 12.2 Å². The van der Waals surface area contributed by atoms with Crippen LogP contribution >= 0.6 is 0 Å². The molecule has 0 saturated heterocycles. The number of carbonyl (C=O) groups is 3. The Balaban J connectivity index is 2.46. The second-order valence-corrected chi connectivity index (χ2v) is 10.6. The Bertz CT molecular complexity index is 1060. The van der Waals surface area contributed by atoms with Gasteiger partial charge in [0.1, 0.15) is 23.4 Å². The fourth-order valence-corrected chi connectivity index (χ4v) is 3.92. The number of nitrogens with zero attached hydrogens (tertiary/aromatic N) is 1. The summed E-state index contributed by atoms with van der Waals surface area (Å²) < 4.78 is 10.6. The zero-order valence-corrected chi connectivity index (χ0v) is 23.4. The van der Waals surface area contributed by atoms with E-state index < -0.39 is 35.6 Å². The number of amides is 3. The third kappa shape index (κ3) is 9.37. The Labute approximate surface area is 225 Å². The van der Waals surface area contributed by atoms with Gasteiger partial charge in [0.15, 0.2) is 0 Å². The molecule has 2 unspecified atom stereocenters. The molecule has 0 spiro atoms. The average molecular weight is 528 g/mol. The van der Waals surface area contributed by atoms with Gasteiger partial charge in [-0.15, -0.1) is 0 Å². The van der Waals surface area contributed by atoms with Crippen LogP contribution in [0.15, 0.2) is 48.5 Å². The molecule has 208 valence electrons. The van der Waals surface area contributed by atoms with Gasteiger partial charge in [-0.3, -0.25) is 9.59 Å². The first-order valence-corrected chi connectivity index (χ1v) is 12.8. The number of anilines is 1. The number of aliphatic hydroxyl groups excluding tert-OH is 1. The van der Waals surface area contributed by atoms with E-state index in [0.29, 0.717) is 23.4 Å². The van der Waals surface area contributed by atoms with Crippen LogP contribution in [0.5, 0.6) is 5.75 Å². The second kappa shape index (κ2) is 13.8. The molecule has 0 saturated carbocycles. The predicted molar refractivity (Wildman–Crippen MR) is 147 cm³/mol. The van der Waals surface area contributed by atoms with Gasteiger partial charge >= 0.3 is 6.09 Å². The maximum Gasteiger partial charge on any atom is 0.408 e. The minimum absolute atomic E-state index is 0.0563. The molecule has 9 heteroatoms. The highest BCUT2D eigenvalue weighted by Gasteiger charge is 2.36. The van der Waals surface area contributed by atoms with E-state index in [0.717, 1.165) is 5.56 Å². The molecule has 0 heterocycles. The van der Waals surface area contributed by atoms with Crippen LogP contribution in [0.4, 0.5) is 10.5 Å². The number of rotatable bonds is 11. The van der Waals surface area contributed by atoms with Crippen molar-refractivity contribution < 1.29 is 29.0 Å². The van der Waals surface area contributed by atoms with Crippen LogP contribution in [-0.2, 0) is 14.3 Å². The maximum atomic E-state index is 13.9. The van der Waals surface area contributed by atoms with Crippen molar-refractivity contribution in [3.8, 4) is 5.75 Å². The number of alkyl carbamates (subject to hydrolysis) is 1. The highest BCUT2D eigenvalue weighted by Crippen LogP contribution is 2.26. The monoisotopic (exact) mass is 527 g/mol. The van der Waals surface area contributed by atoms with Gasteiger partial charge in [-0.25, -0.2) is 4.79 Å². The molecule has 2 aromatic rings. The Hall–Kier alpha value is -3.59. The summed E-state index contributed by atoms with van der Waals surface area (Å²) in [5.41, 5.74) is 1.34. The number of hydrogen-bond donors (Lipinski definition) is 3. The smallest absolute Gasteiger partial charge is 0.408 e. The van der Waals surface area contributed by atoms with E-state index in [2.05, 4.69) is 10.6 Å². The fraction of sp³-hybridized carbons (Fsp3) is 0.483. The molecule has 9 nitrogen and oxygen atoms in total. The summed E-state index contributed by atoms with van der Waals surface area (Å²) in [5.74, 6) is -0.254. The number of nitrogens with one attached hydrogen (secondary N) is 2. The zero-order chi connectivity index (χ0) is 28.5. The van der Waals surface area contributed by atoms with Crippen LogP contribution in [0.25, 0.3) is 0 Å². The summed E-state index contributed by atoms with van der Waals surface area (Å²) in [6, 6.07) is 12.1. The molecule has 0 radical (unpaired) electrons. The number of ether oxygens (including phenoxy) is 2. The molecule has 3 amide bonds. The highest BCUT2D eigenvalue weighted by molar-refractivity contribution is 5.99. The number of methoxy groups -OCH3 is 1. The van der Waals surface area contributed by atoms with Crippen molar-refractivity contribution >= 4 is 23.6 Å². The summed E-state index contributed by atoms with van der Waals surface area (Å²) in [7, 11) is 1.55. The second-order valence-electron chi connectivity index (χ2n) is 10.6. The number of aliphatic hydroxyl groups is 1. The lowest BCUT2D eigenvalue weighted by molar-refractivity contribution is -0.141. The van der Waals surface area contributed by atoms with Gasteiger partial charge < -0.3 is 30.1 Å². The third-order valence-electron chi connectivity index (χ3n) is 5.63. The number of benzene rings is 2. The standard InChI is InChI=1S/C29H41N3O6/c1-19(2)18-24(31-28(36)38-29(4,5)6)27(35)32(16-17-33)25(21-10-8-20(3)9-11-21)26(34)30-22-12-14-23(37-7)15-13-22/h8-15,19,24-25,33H,16-18H2,1-7H3,(H,30,34)(H,31,36). The Morgan fingerprint density at radius 2 is 1.61 bits per heavy atom. The summed E-state index contributed by atoms with van der Waals surface area (Å²) in [4.78, 5) is 41.5. The molecular formula is C29H41N3O6. The molecule has 2 atom stereocenters. The minimum atomic E-state index is -1.06. The van der Waals surface area contributed by atoms with Crippen LogP contribution in [0.1, 0.15) is 58.2 Å². The quantitative estimate of drug-likeness (QED) is 0.398. The van der Waals surface area contributed by atoms with E-state index in [1.807, 2.05) is 32.9 Å². The van der Waals surface area contributed by atoms with Gasteiger partial charge in [0.05, 0.1) is 13.7 Å². The molecule has 0 aliphatic rings. The largest absolute Gasteiger partial charge is 0.497 e. The Morgan fingerprint density at radius 1 is 1.00 bits per heavy atom. The van der Waals surface area contributed by atoms with Gasteiger partial charge in [-0.2, -0.15) is 0 Å². The van der Waals surface area contributed by atoms with Crippen LogP contribution in [0, 0.1) is 12.8 Å². The topological polar surface area (TPSA) is 117 Å². The van der Waals surface area contributed by atoms with E-state index in [4.69, 9.17) is 9.47 Å². The zero-order valence-electron chi connectivity index (χ0n) is 23.4. The lowest BCUT2D eigenvalue weighted by Gasteiger charge is -2.34. The van der Waals surface area contributed by atoms with Crippen LogP contribution < -0.4 is 15.4 Å². The third-order valence-corrected chi connectivity index (χ3v) is 5.63. The molecule has 0 fully saturated rings. The van der Waals surface area contributed by atoms with Crippen molar-refractivity contribution in [1.29, 1.82) is 0 Å². The normalized spacial score (nSPS) is 12.9. The fourth-order valence-electron chi connectivity index (χ4n) is 3.92. The summed E-state index contributed by atoms with van der Waals surface area (Å²) in [6.45, 7) is 10.5.